The van der Waals surface area contributed by atoms with Crippen molar-refractivity contribution in [3.63, 3.8) is 0 Å². The SMILES string of the molecule is CCCCCNc1ccc(C(=O)NCCc2ccccc2OC)nn1. The van der Waals surface area contributed by atoms with E-state index in [1.54, 1.807) is 19.2 Å². The Morgan fingerprint density at radius 2 is 1.92 bits per heavy atom. The average Bonchev–Trinajstić information content (AvgIpc) is 2.66. The Bertz CT molecular complexity index is 659. The number of benzene rings is 1. The number of para-hydroxylation sites is 1. The number of nitrogens with one attached hydrogen (secondary N) is 2. The third kappa shape index (κ3) is 6.06. The minimum absolute atomic E-state index is 0.222. The molecule has 2 rings (SSSR count). The lowest BCUT2D eigenvalue weighted by atomic mass is 10.1. The van der Waals surface area contributed by atoms with Gasteiger partial charge in [0.25, 0.3) is 5.91 Å². The molecular weight excluding hydrogens is 316 g/mol. The summed E-state index contributed by atoms with van der Waals surface area (Å²) >= 11 is 0. The second-order valence-corrected chi connectivity index (χ2v) is 5.76. The molecule has 0 radical (unpaired) electrons. The largest absolute Gasteiger partial charge is 0.496 e. The van der Waals surface area contributed by atoms with E-state index >= 15 is 0 Å². The Morgan fingerprint density at radius 3 is 2.64 bits per heavy atom. The van der Waals surface area contributed by atoms with Gasteiger partial charge in [0.1, 0.15) is 11.6 Å². The van der Waals surface area contributed by atoms with Gasteiger partial charge in [0.2, 0.25) is 0 Å². The number of aromatic nitrogens is 2. The van der Waals surface area contributed by atoms with Gasteiger partial charge in [0, 0.05) is 13.1 Å². The normalized spacial score (nSPS) is 10.3. The first kappa shape index (κ1) is 18.7. The molecule has 25 heavy (non-hydrogen) atoms. The van der Waals surface area contributed by atoms with Gasteiger partial charge < -0.3 is 15.4 Å². The lowest BCUT2D eigenvalue weighted by Crippen LogP contribution is -2.27. The van der Waals surface area contributed by atoms with Gasteiger partial charge in [0.15, 0.2) is 5.69 Å². The molecule has 0 aliphatic rings. The molecule has 1 heterocycles. The summed E-state index contributed by atoms with van der Waals surface area (Å²) in [5.74, 6) is 1.30. The van der Waals surface area contributed by atoms with Crippen LogP contribution < -0.4 is 15.4 Å². The number of methoxy groups -OCH3 is 1. The summed E-state index contributed by atoms with van der Waals surface area (Å²) in [4.78, 5) is 12.1. The zero-order valence-corrected chi connectivity index (χ0v) is 14.9. The molecule has 0 unspecified atom stereocenters. The molecule has 0 aliphatic carbocycles. The Balaban J connectivity index is 1.78. The van der Waals surface area contributed by atoms with Gasteiger partial charge in [-0.15, -0.1) is 10.2 Å². The standard InChI is InChI=1S/C19H26N4O2/c1-3-4-7-13-20-18-11-10-16(22-23-18)19(24)21-14-12-15-8-5-6-9-17(15)25-2/h5-6,8-11H,3-4,7,12-14H2,1-2H3,(H,20,23)(H,21,24). The van der Waals surface area contributed by atoms with Crippen LogP contribution in [-0.4, -0.2) is 36.3 Å². The van der Waals surface area contributed by atoms with Crippen molar-refractivity contribution < 1.29 is 9.53 Å². The van der Waals surface area contributed by atoms with Crippen molar-refractivity contribution in [3.05, 3.63) is 47.7 Å². The van der Waals surface area contributed by atoms with E-state index in [1.165, 1.54) is 12.8 Å². The topological polar surface area (TPSA) is 76.1 Å². The van der Waals surface area contributed by atoms with Crippen LogP contribution in [0.3, 0.4) is 0 Å². The van der Waals surface area contributed by atoms with Crippen LogP contribution in [0.15, 0.2) is 36.4 Å². The van der Waals surface area contributed by atoms with E-state index in [4.69, 9.17) is 4.74 Å². The zero-order valence-electron chi connectivity index (χ0n) is 14.9. The Kier molecular flexibility index (Phi) is 7.69. The number of ether oxygens (including phenoxy) is 1. The number of anilines is 1. The number of hydrogen-bond acceptors (Lipinski definition) is 5. The predicted molar refractivity (Wildman–Crippen MR) is 99.1 cm³/mol. The average molecular weight is 342 g/mol. The molecule has 0 bridgehead atoms. The summed E-state index contributed by atoms with van der Waals surface area (Å²) in [6.45, 7) is 3.55. The Hall–Kier alpha value is -2.63. The highest BCUT2D eigenvalue weighted by molar-refractivity contribution is 5.92. The van der Waals surface area contributed by atoms with E-state index in [1.807, 2.05) is 24.3 Å². The number of nitrogens with zero attached hydrogens (tertiary/aromatic N) is 2. The van der Waals surface area contributed by atoms with E-state index < -0.39 is 0 Å². The van der Waals surface area contributed by atoms with Gasteiger partial charge in [-0.25, -0.2) is 0 Å². The molecule has 6 nitrogen and oxygen atoms in total. The van der Waals surface area contributed by atoms with Crippen LogP contribution in [0.25, 0.3) is 0 Å². The minimum Gasteiger partial charge on any atom is -0.496 e. The van der Waals surface area contributed by atoms with Gasteiger partial charge in [0.05, 0.1) is 7.11 Å². The molecule has 0 fully saturated rings. The summed E-state index contributed by atoms with van der Waals surface area (Å²) in [7, 11) is 1.64. The van der Waals surface area contributed by atoms with Gasteiger partial charge in [-0.3, -0.25) is 4.79 Å². The van der Waals surface area contributed by atoms with Crippen molar-refractivity contribution in [1.82, 2.24) is 15.5 Å². The first-order chi connectivity index (χ1) is 12.2. The van der Waals surface area contributed by atoms with Crippen molar-refractivity contribution in [3.8, 4) is 5.75 Å². The van der Waals surface area contributed by atoms with Crippen molar-refractivity contribution in [2.75, 3.05) is 25.5 Å². The van der Waals surface area contributed by atoms with E-state index in [-0.39, 0.29) is 5.91 Å². The molecule has 0 saturated carbocycles. The van der Waals surface area contributed by atoms with Crippen molar-refractivity contribution in [2.45, 2.75) is 32.6 Å². The minimum atomic E-state index is -0.222. The van der Waals surface area contributed by atoms with Crippen LogP contribution in [0.2, 0.25) is 0 Å². The maximum Gasteiger partial charge on any atom is 0.271 e. The molecule has 1 aromatic carbocycles. The summed E-state index contributed by atoms with van der Waals surface area (Å²) in [5.41, 5.74) is 1.38. The summed E-state index contributed by atoms with van der Waals surface area (Å²) in [6, 6.07) is 11.3. The number of amides is 1. The van der Waals surface area contributed by atoms with Crippen LogP contribution in [0.5, 0.6) is 5.75 Å². The van der Waals surface area contributed by atoms with E-state index in [0.717, 1.165) is 24.3 Å². The highest BCUT2D eigenvalue weighted by Crippen LogP contribution is 2.17. The molecule has 1 amide bonds. The van der Waals surface area contributed by atoms with E-state index in [9.17, 15) is 4.79 Å². The number of unbranched alkanes of at least 4 members (excludes halogenated alkanes) is 2. The fraction of sp³-hybridized carbons (Fsp3) is 0.421. The highest BCUT2D eigenvalue weighted by atomic mass is 16.5. The molecule has 0 spiro atoms. The molecule has 2 N–H and O–H groups in total. The smallest absolute Gasteiger partial charge is 0.271 e. The van der Waals surface area contributed by atoms with Crippen LogP contribution in [0.1, 0.15) is 42.2 Å². The molecule has 6 heteroatoms. The van der Waals surface area contributed by atoms with E-state index in [0.29, 0.717) is 24.5 Å². The highest BCUT2D eigenvalue weighted by Gasteiger charge is 2.08. The van der Waals surface area contributed by atoms with Gasteiger partial charge in [-0.2, -0.15) is 0 Å². The number of rotatable bonds is 10. The molecule has 134 valence electrons. The first-order valence-corrected chi connectivity index (χ1v) is 8.72. The van der Waals surface area contributed by atoms with Gasteiger partial charge in [-0.1, -0.05) is 38.0 Å². The summed E-state index contributed by atoms with van der Waals surface area (Å²) in [5, 5.41) is 14.1. The van der Waals surface area contributed by atoms with E-state index in [2.05, 4.69) is 27.8 Å². The lowest BCUT2D eigenvalue weighted by Gasteiger charge is -2.09. The van der Waals surface area contributed by atoms with Crippen molar-refractivity contribution in [2.24, 2.45) is 0 Å². The number of carbonyl (C=O) groups is 1. The van der Waals surface area contributed by atoms with Crippen LogP contribution >= 0.6 is 0 Å². The maximum atomic E-state index is 12.1. The molecule has 0 atom stereocenters. The zero-order chi connectivity index (χ0) is 17.9. The summed E-state index contributed by atoms with van der Waals surface area (Å²) < 4.78 is 5.31. The molecule has 0 aliphatic heterocycles. The second-order valence-electron chi connectivity index (χ2n) is 5.76. The first-order valence-electron chi connectivity index (χ1n) is 8.72. The monoisotopic (exact) mass is 342 g/mol. The van der Waals surface area contributed by atoms with Gasteiger partial charge >= 0.3 is 0 Å². The Morgan fingerprint density at radius 1 is 1.08 bits per heavy atom. The second kappa shape index (κ2) is 10.3. The van der Waals surface area contributed by atoms with Crippen LogP contribution in [0, 0.1) is 0 Å². The number of hydrogen-bond donors (Lipinski definition) is 2. The third-order valence-electron chi connectivity index (χ3n) is 3.86. The molecule has 2 aromatic rings. The predicted octanol–water partition coefficient (Wildman–Crippen LogP) is 3.06. The molecule has 0 saturated heterocycles. The Labute approximate surface area is 149 Å². The van der Waals surface area contributed by atoms with Crippen LogP contribution in [0.4, 0.5) is 5.82 Å². The third-order valence-corrected chi connectivity index (χ3v) is 3.86. The molecule has 1 aromatic heterocycles. The quantitative estimate of drug-likeness (QED) is 0.649. The summed E-state index contributed by atoms with van der Waals surface area (Å²) in [6.07, 6.45) is 4.16. The van der Waals surface area contributed by atoms with Crippen molar-refractivity contribution >= 4 is 11.7 Å². The number of carbonyl (C=O) groups excluding carboxylic acids is 1. The lowest BCUT2D eigenvalue weighted by molar-refractivity contribution is 0.0948. The fourth-order valence-corrected chi connectivity index (χ4v) is 2.45. The van der Waals surface area contributed by atoms with Crippen LogP contribution in [-0.2, 0) is 6.42 Å². The molecular formula is C19H26N4O2. The van der Waals surface area contributed by atoms with Crippen molar-refractivity contribution in [1.29, 1.82) is 0 Å². The van der Waals surface area contributed by atoms with Gasteiger partial charge in [-0.05, 0) is 36.6 Å². The maximum absolute atomic E-state index is 12.1. The fourth-order valence-electron chi connectivity index (χ4n) is 2.45.